The van der Waals surface area contributed by atoms with Gasteiger partial charge in [0.1, 0.15) is 5.75 Å². The van der Waals surface area contributed by atoms with Gasteiger partial charge in [-0.25, -0.2) is 9.29 Å². The summed E-state index contributed by atoms with van der Waals surface area (Å²) in [5, 5.41) is 11.7. The van der Waals surface area contributed by atoms with Crippen LogP contribution in [-0.2, 0) is 6.54 Å². The van der Waals surface area contributed by atoms with Gasteiger partial charge >= 0.3 is 0 Å². The molecule has 1 aromatic heterocycles. The minimum atomic E-state index is -3.06. The molecule has 2 atom stereocenters. The first-order valence-corrected chi connectivity index (χ1v) is 12.0. The van der Waals surface area contributed by atoms with Crippen molar-refractivity contribution in [3.8, 4) is 5.75 Å². The Bertz CT molecular complexity index is 966. The number of aromatic hydroxyl groups is 1. The van der Waals surface area contributed by atoms with Crippen LogP contribution in [0.5, 0.6) is 5.75 Å². The van der Waals surface area contributed by atoms with E-state index in [-0.39, 0.29) is 6.04 Å². The van der Waals surface area contributed by atoms with E-state index in [1.165, 1.54) is 11.0 Å². The van der Waals surface area contributed by atoms with Gasteiger partial charge in [0.05, 0.1) is 11.7 Å². The number of piperidine rings is 1. The van der Waals surface area contributed by atoms with Crippen LogP contribution in [0.1, 0.15) is 49.7 Å². The molecule has 8 heteroatoms. The van der Waals surface area contributed by atoms with Crippen molar-refractivity contribution in [3.63, 3.8) is 0 Å². The molecule has 2 aliphatic heterocycles. The predicted molar refractivity (Wildman–Crippen MR) is 118 cm³/mol. The maximum absolute atomic E-state index is 10.7. The summed E-state index contributed by atoms with van der Waals surface area (Å²) in [6.07, 6.45) is 10.6. The fourth-order valence-electron chi connectivity index (χ4n) is 4.91. The predicted octanol–water partition coefficient (Wildman–Crippen LogP) is 4.48. The topological polar surface area (TPSA) is 93.0 Å². The van der Waals surface area contributed by atoms with Crippen molar-refractivity contribution >= 4 is 16.6 Å². The first-order valence-electron chi connectivity index (χ1n) is 10.5. The molecule has 1 aliphatic carbocycles. The summed E-state index contributed by atoms with van der Waals surface area (Å²) in [7, 11) is -3.06. The smallest absolute Gasteiger partial charge is 0.166 e. The number of aromatic nitrogens is 2. The average molecular weight is 429 g/mol. The Morgan fingerprint density at radius 1 is 1.23 bits per heavy atom. The number of rotatable bonds is 4. The number of hydrogen-bond donors (Lipinski definition) is 3. The zero-order valence-electron chi connectivity index (χ0n) is 17.1. The van der Waals surface area contributed by atoms with Crippen LogP contribution in [0.3, 0.4) is 0 Å². The zero-order chi connectivity index (χ0) is 20.9. The maximum atomic E-state index is 10.7. The number of anilines is 1. The number of benzene rings is 1. The maximum Gasteiger partial charge on any atom is 0.166 e. The number of nitrogens with zero attached hydrogens (tertiary/aromatic N) is 4. The molecule has 0 bridgehead atoms. The van der Waals surface area contributed by atoms with Gasteiger partial charge in [0.2, 0.25) is 0 Å². The van der Waals surface area contributed by atoms with Crippen molar-refractivity contribution in [1.82, 2.24) is 14.9 Å². The van der Waals surface area contributed by atoms with Crippen molar-refractivity contribution < 1.29 is 14.2 Å². The number of phenolic OH excluding ortho intramolecular Hbond substituents is 1. The van der Waals surface area contributed by atoms with Gasteiger partial charge in [-0.15, -0.1) is 0 Å². The Balaban J connectivity index is 1.35. The number of likely N-dealkylation sites (tertiary alicyclic amines) is 1. The normalized spacial score (nSPS) is 29.4. The summed E-state index contributed by atoms with van der Waals surface area (Å²) in [5.74, 6) is 1.42. The molecule has 30 heavy (non-hydrogen) atoms. The van der Waals surface area contributed by atoms with Crippen LogP contribution in [0.4, 0.5) is 5.82 Å². The summed E-state index contributed by atoms with van der Waals surface area (Å²) in [4.78, 5) is 10.9. The third-order valence-corrected chi connectivity index (χ3v) is 8.18. The molecule has 3 heterocycles. The number of phenols is 1. The Hall–Kier alpha value is -2.13. The molecule has 3 N–H and O–H groups in total. The molecule has 1 spiro atoms. The van der Waals surface area contributed by atoms with Crippen molar-refractivity contribution in [1.29, 1.82) is 0 Å². The first-order chi connectivity index (χ1) is 14.4. The molecule has 0 radical (unpaired) electrons. The van der Waals surface area contributed by atoms with Gasteiger partial charge in [-0.1, -0.05) is 22.9 Å². The lowest BCUT2D eigenvalue weighted by Crippen LogP contribution is -2.55. The molecule has 5 rings (SSSR count). The van der Waals surface area contributed by atoms with E-state index < -0.39 is 16.3 Å². The molecule has 160 valence electrons. The molecule has 2 aromatic rings. The minimum Gasteiger partial charge on any atom is -0.508 e. The van der Waals surface area contributed by atoms with E-state index in [4.69, 9.17) is 0 Å². The van der Waals surface area contributed by atoms with Crippen LogP contribution in [0.25, 0.3) is 0 Å². The van der Waals surface area contributed by atoms with E-state index in [0.717, 1.165) is 44.3 Å². The number of hydrogen-bond acceptors (Lipinski definition) is 7. The lowest BCUT2D eigenvalue weighted by atomic mass is 9.83. The van der Waals surface area contributed by atoms with E-state index in [2.05, 4.69) is 27.9 Å². The van der Waals surface area contributed by atoms with Gasteiger partial charge < -0.3 is 5.11 Å². The van der Waals surface area contributed by atoms with Crippen LogP contribution < -0.4 is 4.31 Å². The third kappa shape index (κ3) is 3.47. The summed E-state index contributed by atoms with van der Waals surface area (Å²) in [6.45, 7) is 3.84. The highest BCUT2D eigenvalue weighted by molar-refractivity contribution is 8.28. The fraction of sp³-hybridized carbons (Fsp3) is 0.455. The van der Waals surface area contributed by atoms with Gasteiger partial charge in [0.25, 0.3) is 0 Å². The molecule has 0 amide bonds. The van der Waals surface area contributed by atoms with Gasteiger partial charge in [-0.05, 0) is 61.8 Å². The zero-order valence-corrected chi connectivity index (χ0v) is 17.9. The summed E-state index contributed by atoms with van der Waals surface area (Å²) in [6, 6.07) is 6.23. The lowest BCUT2D eigenvalue weighted by molar-refractivity contribution is 0.119. The molecule has 1 saturated carbocycles. The second-order valence-electron chi connectivity index (χ2n) is 8.77. The van der Waals surface area contributed by atoms with E-state index >= 15 is 0 Å². The standard InChI is InChI=1S/C22H28N4O3S/c1-16-13-22(7-11-30(28,29)26(22)21-14-23-8-9-24-21)6-10-25(16)15-17-2-5-20(27)19(12-17)18-3-4-18/h2,5,7-9,11-12,14,16,18,27-29H,3-4,6,10,13,15H2,1H3/t16-,22-/m0/s1. The lowest BCUT2D eigenvalue weighted by Gasteiger charge is -2.51. The SMILES string of the molecule is C[C@H]1C[C@@]2(C=CS(O)(O)N2c2cnccn2)CCN1Cc1ccc(O)c(C2CC2)c1. The average Bonchev–Trinajstić information content (AvgIpc) is 3.52. The highest BCUT2D eigenvalue weighted by atomic mass is 32.3. The van der Waals surface area contributed by atoms with Gasteiger partial charge in [0.15, 0.2) is 5.82 Å². The van der Waals surface area contributed by atoms with Crippen molar-refractivity contribution in [3.05, 3.63) is 59.4 Å². The second kappa shape index (κ2) is 7.23. The summed E-state index contributed by atoms with van der Waals surface area (Å²) >= 11 is 0. The van der Waals surface area contributed by atoms with Gasteiger partial charge in [0, 0.05) is 36.9 Å². The fourth-order valence-corrected chi connectivity index (χ4v) is 6.59. The molecule has 1 saturated heterocycles. The van der Waals surface area contributed by atoms with Crippen molar-refractivity contribution in [2.24, 2.45) is 0 Å². The monoisotopic (exact) mass is 428 g/mol. The molecule has 1 aromatic carbocycles. The van der Waals surface area contributed by atoms with Gasteiger partial charge in [-0.2, -0.15) is 0 Å². The summed E-state index contributed by atoms with van der Waals surface area (Å²) < 4.78 is 23.1. The van der Waals surface area contributed by atoms with E-state index in [0.29, 0.717) is 17.5 Å². The highest BCUT2D eigenvalue weighted by Crippen LogP contribution is 2.59. The highest BCUT2D eigenvalue weighted by Gasteiger charge is 2.50. The van der Waals surface area contributed by atoms with E-state index in [1.807, 2.05) is 18.2 Å². The minimum absolute atomic E-state index is 0.244. The van der Waals surface area contributed by atoms with Crippen LogP contribution in [-0.4, -0.2) is 47.2 Å². The van der Waals surface area contributed by atoms with Crippen LogP contribution in [0.15, 0.2) is 48.3 Å². The Morgan fingerprint density at radius 3 is 2.77 bits per heavy atom. The Kier molecular flexibility index (Phi) is 4.77. The largest absolute Gasteiger partial charge is 0.508 e. The molecule has 3 aliphatic rings. The summed E-state index contributed by atoms with van der Waals surface area (Å²) in [5.41, 5.74) is 1.82. The third-order valence-electron chi connectivity index (χ3n) is 6.59. The first kappa shape index (κ1) is 19.8. The molecule has 2 fully saturated rings. The van der Waals surface area contributed by atoms with E-state index in [9.17, 15) is 14.2 Å². The quantitative estimate of drug-likeness (QED) is 0.661. The molecule has 7 nitrogen and oxygen atoms in total. The molecule has 0 unspecified atom stereocenters. The van der Waals surface area contributed by atoms with Crippen molar-refractivity contribution in [2.45, 2.75) is 56.7 Å². The van der Waals surface area contributed by atoms with Crippen LogP contribution >= 0.6 is 10.8 Å². The molecular formula is C22H28N4O3S. The van der Waals surface area contributed by atoms with E-state index in [1.54, 1.807) is 22.9 Å². The second-order valence-corrected chi connectivity index (χ2v) is 10.5. The van der Waals surface area contributed by atoms with Crippen LogP contribution in [0, 0.1) is 0 Å². The van der Waals surface area contributed by atoms with Crippen LogP contribution in [0.2, 0.25) is 0 Å². The molecular weight excluding hydrogens is 400 g/mol. The Labute approximate surface area is 178 Å². The Morgan fingerprint density at radius 2 is 2.07 bits per heavy atom. The van der Waals surface area contributed by atoms with Gasteiger partial charge in [-0.3, -0.25) is 19.0 Å². The van der Waals surface area contributed by atoms with Crippen molar-refractivity contribution in [2.75, 3.05) is 10.8 Å².